The van der Waals surface area contributed by atoms with E-state index in [0.29, 0.717) is 19.8 Å². The fraction of sp³-hybridized carbons (Fsp3) is 0.538. The van der Waals surface area contributed by atoms with Gasteiger partial charge < -0.3 is 19.9 Å². The highest BCUT2D eigenvalue weighted by atomic mass is 16.6. The lowest BCUT2D eigenvalue weighted by molar-refractivity contribution is 0.167. The first-order valence-electron chi connectivity index (χ1n) is 5.81. The molecular formula is C13H19NO3. The van der Waals surface area contributed by atoms with Crippen molar-refractivity contribution in [3.8, 4) is 11.5 Å². The van der Waals surface area contributed by atoms with E-state index in [2.05, 4.69) is 0 Å². The summed E-state index contributed by atoms with van der Waals surface area (Å²) in [7, 11) is 1.68. The zero-order chi connectivity index (χ0) is 12.3. The first kappa shape index (κ1) is 12.2. The monoisotopic (exact) mass is 237 g/mol. The molecule has 1 aliphatic rings. The number of nitrogens with two attached hydrogens (primary N) is 1. The highest BCUT2D eigenvalue weighted by Gasteiger charge is 2.23. The van der Waals surface area contributed by atoms with Gasteiger partial charge in [-0.05, 0) is 31.0 Å². The summed E-state index contributed by atoms with van der Waals surface area (Å²) >= 11 is 0. The molecule has 0 aromatic heterocycles. The second-order valence-electron chi connectivity index (χ2n) is 4.52. The van der Waals surface area contributed by atoms with Crippen LogP contribution in [0.25, 0.3) is 0 Å². The third kappa shape index (κ3) is 2.70. The van der Waals surface area contributed by atoms with Crippen molar-refractivity contribution in [1.82, 2.24) is 0 Å². The number of methoxy groups -OCH3 is 1. The summed E-state index contributed by atoms with van der Waals surface area (Å²) in [5.74, 6) is 1.57. The average Bonchev–Trinajstić information content (AvgIpc) is 2.36. The average molecular weight is 237 g/mol. The minimum absolute atomic E-state index is 0.411. The third-order valence-corrected chi connectivity index (χ3v) is 3.03. The predicted octanol–water partition coefficient (Wildman–Crippen LogP) is 1.67. The molecule has 0 saturated carbocycles. The van der Waals surface area contributed by atoms with Crippen LogP contribution in [0.15, 0.2) is 18.2 Å². The van der Waals surface area contributed by atoms with Crippen LogP contribution >= 0.6 is 0 Å². The Bertz CT molecular complexity index is 390. The zero-order valence-corrected chi connectivity index (χ0v) is 10.4. The van der Waals surface area contributed by atoms with Gasteiger partial charge in [-0.1, -0.05) is 6.07 Å². The first-order chi connectivity index (χ1) is 8.13. The van der Waals surface area contributed by atoms with Crippen molar-refractivity contribution in [3.63, 3.8) is 0 Å². The SMILES string of the molecule is COCCC(C)(N)c1ccc2c(c1)OCCO2. The van der Waals surface area contributed by atoms with Crippen molar-refractivity contribution in [1.29, 1.82) is 0 Å². The van der Waals surface area contributed by atoms with E-state index < -0.39 is 5.54 Å². The summed E-state index contributed by atoms with van der Waals surface area (Å²) < 4.78 is 16.1. The molecule has 0 radical (unpaired) electrons. The van der Waals surface area contributed by atoms with E-state index >= 15 is 0 Å². The molecule has 94 valence electrons. The summed E-state index contributed by atoms with van der Waals surface area (Å²) in [6.45, 7) is 3.84. The second-order valence-corrected chi connectivity index (χ2v) is 4.52. The van der Waals surface area contributed by atoms with Crippen molar-refractivity contribution in [2.45, 2.75) is 18.9 Å². The quantitative estimate of drug-likeness (QED) is 0.865. The summed E-state index contributed by atoms with van der Waals surface area (Å²) in [4.78, 5) is 0. The van der Waals surface area contributed by atoms with E-state index in [1.807, 2.05) is 25.1 Å². The van der Waals surface area contributed by atoms with Gasteiger partial charge in [0.1, 0.15) is 13.2 Å². The molecular weight excluding hydrogens is 218 g/mol. The lowest BCUT2D eigenvalue weighted by atomic mass is 9.90. The highest BCUT2D eigenvalue weighted by molar-refractivity contribution is 5.45. The van der Waals surface area contributed by atoms with Gasteiger partial charge in [-0.25, -0.2) is 0 Å². The molecule has 1 aliphatic heterocycles. The van der Waals surface area contributed by atoms with E-state index in [9.17, 15) is 0 Å². The number of fused-ring (bicyclic) bond motifs is 1. The molecule has 1 unspecified atom stereocenters. The smallest absolute Gasteiger partial charge is 0.161 e. The Morgan fingerprint density at radius 1 is 1.29 bits per heavy atom. The fourth-order valence-electron chi connectivity index (χ4n) is 1.86. The van der Waals surface area contributed by atoms with Crippen LogP contribution in [-0.2, 0) is 10.3 Å². The summed E-state index contributed by atoms with van der Waals surface area (Å²) in [6.07, 6.45) is 0.767. The van der Waals surface area contributed by atoms with Gasteiger partial charge in [-0.3, -0.25) is 0 Å². The first-order valence-corrected chi connectivity index (χ1v) is 5.81. The number of hydrogen-bond donors (Lipinski definition) is 1. The maximum atomic E-state index is 6.28. The Morgan fingerprint density at radius 2 is 2.00 bits per heavy atom. The van der Waals surface area contributed by atoms with E-state index in [0.717, 1.165) is 23.5 Å². The maximum Gasteiger partial charge on any atom is 0.161 e. The van der Waals surface area contributed by atoms with Crippen LogP contribution in [0.5, 0.6) is 11.5 Å². The molecule has 4 heteroatoms. The van der Waals surface area contributed by atoms with Crippen molar-refractivity contribution in [2.24, 2.45) is 5.73 Å². The molecule has 0 spiro atoms. The second kappa shape index (κ2) is 4.94. The van der Waals surface area contributed by atoms with Crippen LogP contribution in [0.1, 0.15) is 18.9 Å². The molecule has 0 fully saturated rings. The van der Waals surface area contributed by atoms with Crippen LogP contribution in [0, 0.1) is 0 Å². The van der Waals surface area contributed by atoms with Crippen molar-refractivity contribution >= 4 is 0 Å². The molecule has 2 N–H and O–H groups in total. The minimum Gasteiger partial charge on any atom is -0.486 e. The van der Waals surface area contributed by atoms with Gasteiger partial charge in [-0.2, -0.15) is 0 Å². The van der Waals surface area contributed by atoms with Crippen molar-refractivity contribution in [3.05, 3.63) is 23.8 Å². The topological polar surface area (TPSA) is 53.7 Å². The van der Waals surface area contributed by atoms with Gasteiger partial charge in [0.2, 0.25) is 0 Å². The van der Waals surface area contributed by atoms with Gasteiger partial charge >= 0.3 is 0 Å². The van der Waals surface area contributed by atoms with Crippen LogP contribution in [-0.4, -0.2) is 26.9 Å². The third-order valence-electron chi connectivity index (χ3n) is 3.03. The Kier molecular flexibility index (Phi) is 3.54. The maximum absolute atomic E-state index is 6.28. The largest absolute Gasteiger partial charge is 0.486 e. The van der Waals surface area contributed by atoms with Crippen LogP contribution in [0.4, 0.5) is 0 Å². The van der Waals surface area contributed by atoms with Gasteiger partial charge in [-0.15, -0.1) is 0 Å². The summed E-state index contributed by atoms with van der Waals surface area (Å²) in [6, 6.07) is 5.87. The zero-order valence-electron chi connectivity index (χ0n) is 10.4. The molecule has 0 saturated heterocycles. The van der Waals surface area contributed by atoms with Gasteiger partial charge in [0.25, 0.3) is 0 Å². The fourth-order valence-corrected chi connectivity index (χ4v) is 1.86. The van der Waals surface area contributed by atoms with Crippen LogP contribution in [0.3, 0.4) is 0 Å². The summed E-state index contributed by atoms with van der Waals surface area (Å²) in [5, 5.41) is 0. The van der Waals surface area contributed by atoms with E-state index in [1.165, 1.54) is 0 Å². The van der Waals surface area contributed by atoms with Crippen LogP contribution in [0.2, 0.25) is 0 Å². The van der Waals surface area contributed by atoms with E-state index in [-0.39, 0.29) is 0 Å². The highest BCUT2D eigenvalue weighted by Crippen LogP contribution is 2.34. The number of hydrogen-bond acceptors (Lipinski definition) is 4. The lowest BCUT2D eigenvalue weighted by Crippen LogP contribution is -2.34. The molecule has 0 bridgehead atoms. The minimum atomic E-state index is -0.411. The number of benzene rings is 1. The molecule has 0 amide bonds. The molecule has 1 heterocycles. The molecule has 17 heavy (non-hydrogen) atoms. The Morgan fingerprint density at radius 3 is 2.71 bits per heavy atom. The van der Waals surface area contributed by atoms with Crippen molar-refractivity contribution < 1.29 is 14.2 Å². The summed E-state index contributed by atoms with van der Waals surface area (Å²) in [5.41, 5.74) is 6.91. The predicted molar refractivity (Wildman–Crippen MR) is 65.5 cm³/mol. The van der Waals surface area contributed by atoms with Crippen molar-refractivity contribution in [2.75, 3.05) is 26.9 Å². The Labute approximate surface area is 102 Å². The van der Waals surface area contributed by atoms with Gasteiger partial charge in [0.15, 0.2) is 11.5 Å². The number of rotatable bonds is 4. The molecule has 1 atom stereocenters. The van der Waals surface area contributed by atoms with Gasteiger partial charge in [0.05, 0.1) is 0 Å². The standard InChI is InChI=1S/C13H19NO3/c1-13(14,5-6-15-2)10-3-4-11-12(9-10)17-8-7-16-11/h3-4,9H,5-8,14H2,1-2H3. The molecule has 1 aromatic carbocycles. The number of ether oxygens (including phenoxy) is 3. The normalized spacial score (nSPS) is 17.6. The van der Waals surface area contributed by atoms with Gasteiger partial charge in [0, 0.05) is 19.3 Å². The molecule has 0 aliphatic carbocycles. The Balaban J connectivity index is 2.20. The molecule has 1 aromatic rings. The van der Waals surface area contributed by atoms with E-state index in [1.54, 1.807) is 7.11 Å². The lowest BCUT2D eigenvalue weighted by Gasteiger charge is -2.27. The Hall–Kier alpha value is -1.26. The molecule has 4 nitrogen and oxygen atoms in total. The van der Waals surface area contributed by atoms with E-state index in [4.69, 9.17) is 19.9 Å². The molecule has 2 rings (SSSR count). The van der Waals surface area contributed by atoms with Crippen LogP contribution < -0.4 is 15.2 Å².